The van der Waals surface area contributed by atoms with Crippen molar-refractivity contribution in [2.24, 2.45) is 0 Å². The molecule has 2 aromatic rings. The predicted octanol–water partition coefficient (Wildman–Crippen LogP) is 3.02. The molecule has 3 nitrogen and oxygen atoms in total. The lowest BCUT2D eigenvalue weighted by atomic mass is 9.98. The van der Waals surface area contributed by atoms with Gasteiger partial charge in [0.1, 0.15) is 6.10 Å². The van der Waals surface area contributed by atoms with E-state index >= 15 is 0 Å². The van der Waals surface area contributed by atoms with E-state index in [4.69, 9.17) is 9.47 Å². The van der Waals surface area contributed by atoms with E-state index in [1.807, 2.05) is 54.6 Å². The predicted molar refractivity (Wildman–Crippen MR) is 70.6 cm³/mol. The van der Waals surface area contributed by atoms with E-state index in [9.17, 15) is 4.79 Å². The molecule has 2 aromatic carbocycles. The maximum absolute atomic E-state index is 11.8. The second-order valence-corrected chi connectivity index (χ2v) is 4.46. The molecule has 3 rings (SSSR count). The number of esters is 1. The van der Waals surface area contributed by atoms with E-state index < -0.39 is 6.10 Å². The molecule has 1 heterocycles. The number of carbonyl (C=O) groups is 1. The lowest BCUT2D eigenvalue weighted by Crippen LogP contribution is -2.13. The summed E-state index contributed by atoms with van der Waals surface area (Å²) in [4.78, 5) is 11.8. The van der Waals surface area contributed by atoms with E-state index in [0.717, 1.165) is 16.7 Å². The monoisotopic (exact) mass is 254 g/mol. The highest BCUT2D eigenvalue weighted by molar-refractivity contribution is 5.78. The summed E-state index contributed by atoms with van der Waals surface area (Å²) in [5, 5.41) is 0. The molecule has 0 radical (unpaired) electrons. The Morgan fingerprint density at radius 3 is 2.32 bits per heavy atom. The Labute approximate surface area is 111 Å². The van der Waals surface area contributed by atoms with Crippen molar-refractivity contribution in [2.75, 3.05) is 7.11 Å². The van der Waals surface area contributed by atoms with Crippen molar-refractivity contribution >= 4 is 5.97 Å². The molecule has 19 heavy (non-hydrogen) atoms. The van der Waals surface area contributed by atoms with Gasteiger partial charge < -0.3 is 9.47 Å². The molecule has 0 aromatic heterocycles. The van der Waals surface area contributed by atoms with Crippen molar-refractivity contribution in [1.82, 2.24) is 0 Å². The van der Waals surface area contributed by atoms with Gasteiger partial charge >= 0.3 is 5.97 Å². The second-order valence-electron chi connectivity index (χ2n) is 4.46. The first kappa shape index (κ1) is 11.9. The Kier molecular flexibility index (Phi) is 3.05. The van der Waals surface area contributed by atoms with E-state index in [-0.39, 0.29) is 12.1 Å². The fourth-order valence-corrected chi connectivity index (χ4v) is 2.45. The Bertz CT molecular complexity index is 592. The van der Waals surface area contributed by atoms with Crippen molar-refractivity contribution in [3.63, 3.8) is 0 Å². The van der Waals surface area contributed by atoms with Crippen LogP contribution >= 0.6 is 0 Å². The highest BCUT2D eigenvalue weighted by Gasteiger charge is 2.37. The third-order valence-electron chi connectivity index (χ3n) is 3.35. The van der Waals surface area contributed by atoms with Crippen LogP contribution in [-0.2, 0) is 14.3 Å². The van der Waals surface area contributed by atoms with Crippen LogP contribution in [0.5, 0.6) is 0 Å². The van der Waals surface area contributed by atoms with E-state index in [2.05, 4.69) is 0 Å². The van der Waals surface area contributed by atoms with Gasteiger partial charge in [0.15, 0.2) is 6.10 Å². The van der Waals surface area contributed by atoms with Gasteiger partial charge in [-0.1, -0.05) is 54.6 Å². The zero-order chi connectivity index (χ0) is 13.2. The standard InChI is InChI=1S/C16H14O3/c1-18-16(17)15-13-10-6-5-9-12(13)14(19-15)11-7-3-2-4-8-11/h2-10,14-15H,1H3. The van der Waals surface area contributed by atoms with Crippen LogP contribution in [0.15, 0.2) is 54.6 Å². The maximum atomic E-state index is 11.8. The van der Waals surface area contributed by atoms with Gasteiger partial charge in [0, 0.05) is 0 Å². The minimum absolute atomic E-state index is 0.207. The molecular weight excluding hydrogens is 240 g/mol. The normalized spacial score (nSPS) is 20.9. The van der Waals surface area contributed by atoms with Gasteiger partial charge in [-0.3, -0.25) is 0 Å². The van der Waals surface area contributed by atoms with Gasteiger partial charge in [0.2, 0.25) is 0 Å². The highest BCUT2D eigenvalue weighted by Crippen LogP contribution is 2.42. The van der Waals surface area contributed by atoms with E-state index in [0.29, 0.717) is 0 Å². The third kappa shape index (κ3) is 2.02. The van der Waals surface area contributed by atoms with Crippen molar-refractivity contribution in [3.8, 4) is 0 Å². The number of carbonyl (C=O) groups excluding carboxylic acids is 1. The molecule has 0 bridgehead atoms. The van der Waals surface area contributed by atoms with Gasteiger partial charge in [-0.2, -0.15) is 0 Å². The topological polar surface area (TPSA) is 35.5 Å². The molecule has 0 fully saturated rings. The maximum Gasteiger partial charge on any atom is 0.339 e. The number of hydrogen-bond acceptors (Lipinski definition) is 3. The van der Waals surface area contributed by atoms with Gasteiger partial charge in [0.05, 0.1) is 7.11 Å². The number of hydrogen-bond donors (Lipinski definition) is 0. The minimum Gasteiger partial charge on any atom is -0.467 e. The van der Waals surface area contributed by atoms with Crippen LogP contribution in [-0.4, -0.2) is 13.1 Å². The average Bonchev–Trinajstić information content (AvgIpc) is 2.87. The van der Waals surface area contributed by atoms with Crippen LogP contribution < -0.4 is 0 Å². The van der Waals surface area contributed by atoms with Crippen LogP contribution in [0, 0.1) is 0 Å². The Morgan fingerprint density at radius 1 is 1.00 bits per heavy atom. The lowest BCUT2D eigenvalue weighted by Gasteiger charge is -2.13. The van der Waals surface area contributed by atoms with Crippen molar-refractivity contribution in [2.45, 2.75) is 12.2 Å². The van der Waals surface area contributed by atoms with Crippen LogP contribution in [0.3, 0.4) is 0 Å². The zero-order valence-corrected chi connectivity index (χ0v) is 10.6. The molecule has 0 spiro atoms. The average molecular weight is 254 g/mol. The van der Waals surface area contributed by atoms with Crippen LogP contribution in [0.4, 0.5) is 0 Å². The zero-order valence-electron chi connectivity index (χ0n) is 10.6. The van der Waals surface area contributed by atoms with Crippen LogP contribution in [0.2, 0.25) is 0 Å². The van der Waals surface area contributed by atoms with Gasteiger partial charge in [-0.15, -0.1) is 0 Å². The third-order valence-corrected chi connectivity index (χ3v) is 3.35. The molecule has 2 unspecified atom stereocenters. The minimum atomic E-state index is -0.633. The molecule has 1 aliphatic rings. The SMILES string of the molecule is COC(=O)C1OC(c2ccccc2)c2ccccc21. The Morgan fingerprint density at radius 2 is 1.63 bits per heavy atom. The molecule has 0 amide bonds. The van der Waals surface area contributed by atoms with Crippen molar-refractivity contribution in [3.05, 3.63) is 71.3 Å². The number of methoxy groups -OCH3 is 1. The summed E-state index contributed by atoms with van der Waals surface area (Å²) in [7, 11) is 1.38. The van der Waals surface area contributed by atoms with Gasteiger partial charge in [-0.25, -0.2) is 4.79 Å². The molecule has 3 heteroatoms. The molecule has 96 valence electrons. The highest BCUT2D eigenvalue weighted by atomic mass is 16.6. The number of rotatable bonds is 2. The fourth-order valence-electron chi connectivity index (χ4n) is 2.45. The summed E-state index contributed by atoms with van der Waals surface area (Å²) in [6.45, 7) is 0. The number of fused-ring (bicyclic) bond motifs is 1. The molecule has 0 aliphatic carbocycles. The van der Waals surface area contributed by atoms with Crippen LogP contribution in [0.25, 0.3) is 0 Å². The summed E-state index contributed by atoms with van der Waals surface area (Å²) in [5.74, 6) is -0.356. The summed E-state index contributed by atoms with van der Waals surface area (Å²) < 4.78 is 10.7. The summed E-state index contributed by atoms with van der Waals surface area (Å²) >= 11 is 0. The Balaban J connectivity index is 2.04. The van der Waals surface area contributed by atoms with Gasteiger partial charge in [0.25, 0.3) is 0 Å². The summed E-state index contributed by atoms with van der Waals surface area (Å²) in [6, 6.07) is 17.7. The smallest absolute Gasteiger partial charge is 0.339 e. The number of ether oxygens (including phenoxy) is 2. The van der Waals surface area contributed by atoms with E-state index in [1.165, 1.54) is 7.11 Å². The van der Waals surface area contributed by atoms with Gasteiger partial charge in [-0.05, 0) is 16.7 Å². The molecule has 2 atom stereocenters. The first-order valence-corrected chi connectivity index (χ1v) is 6.18. The largest absolute Gasteiger partial charge is 0.467 e. The lowest BCUT2D eigenvalue weighted by molar-refractivity contribution is -0.155. The quantitative estimate of drug-likeness (QED) is 0.773. The number of benzene rings is 2. The summed E-state index contributed by atoms with van der Waals surface area (Å²) in [5.41, 5.74) is 2.97. The Hall–Kier alpha value is -2.13. The van der Waals surface area contributed by atoms with Crippen molar-refractivity contribution < 1.29 is 14.3 Å². The molecule has 0 saturated carbocycles. The second kappa shape index (κ2) is 4.86. The van der Waals surface area contributed by atoms with Crippen molar-refractivity contribution in [1.29, 1.82) is 0 Å². The molecule has 0 saturated heterocycles. The first-order chi connectivity index (χ1) is 9.31. The molecule has 1 aliphatic heterocycles. The first-order valence-electron chi connectivity index (χ1n) is 6.18. The fraction of sp³-hybridized carbons (Fsp3) is 0.188. The summed E-state index contributed by atoms with van der Waals surface area (Å²) in [6.07, 6.45) is -0.840. The van der Waals surface area contributed by atoms with Crippen LogP contribution in [0.1, 0.15) is 28.9 Å². The molecule has 0 N–H and O–H groups in total. The van der Waals surface area contributed by atoms with E-state index in [1.54, 1.807) is 0 Å². The molecular formula is C16H14O3.